The van der Waals surface area contributed by atoms with Gasteiger partial charge in [-0.3, -0.25) is 18.6 Å². The molecule has 0 amide bonds. The fraction of sp³-hybridized carbons (Fsp3) is 0.652. The molecule has 0 aliphatic carbocycles. The summed E-state index contributed by atoms with van der Waals surface area (Å²) in [5.74, 6) is -0.797. The molecule has 0 aromatic heterocycles. The zero-order valence-corrected chi connectivity index (χ0v) is 67.2. The van der Waals surface area contributed by atoms with Gasteiger partial charge in [0, 0.05) is 12.8 Å². The van der Waals surface area contributed by atoms with Crippen LogP contribution in [0.25, 0.3) is 0 Å². The van der Waals surface area contributed by atoms with Crippen LogP contribution in [0.5, 0.6) is 0 Å². The van der Waals surface area contributed by atoms with Crippen molar-refractivity contribution < 1.29 is 42.1 Å². The van der Waals surface area contributed by atoms with E-state index in [0.29, 0.717) is 17.4 Å². The highest BCUT2D eigenvalue weighted by Crippen LogP contribution is 2.43. The Hall–Kier alpha value is -4.89. The molecule has 0 aliphatic rings. The maximum Gasteiger partial charge on any atom is 0.472 e. The summed E-state index contributed by atoms with van der Waals surface area (Å²) in [4.78, 5) is 36.0. The van der Waals surface area contributed by atoms with Crippen molar-refractivity contribution in [3.05, 3.63) is 182 Å². The summed E-state index contributed by atoms with van der Waals surface area (Å²) in [5, 5.41) is 0. The van der Waals surface area contributed by atoms with E-state index in [4.69, 9.17) is 18.5 Å². The lowest BCUT2D eigenvalue weighted by Crippen LogP contribution is -2.37. The molecule has 0 bridgehead atoms. The van der Waals surface area contributed by atoms with Crippen LogP contribution in [0.2, 0.25) is 0 Å². The molecule has 0 aromatic carbocycles. The minimum atomic E-state index is -4.41. The van der Waals surface area contributed by atoms with Crippen LogP contribution in [0.1, 0.15) is 335 Å². The molecule has 0 saturated heterocycles. The first-order valence-corrected chi connectivity index (χ1v) is 43.0. The van der Waals surface area contributed by atoms with Gasteiger partial charge in [-0.15, -0.1) is 0 Å². The van der Waals surface area contributed by atoms with Crippen molar-refractivity contribution in [3.63, 3.8) is 0 Å². The van der Waals surface area contributed by atoms with E-state index in [1.54, 1.807) is 0 Å². The number of carbonyl (C=O) groups excluding carboxylic acids is 2. The fourth-order valence-corrected chi connectivity index (χ4v) is 11.9. The molecule has 102 heavy (non-hydrogen) atoms. The predicted molar refractivity (Wildman–Crippen MR) is 445 cm³/mol. The van der Waals surface area contributed by atoms with Gasteiger partial charge >= 0.3 is 19.8 Å². The summed E-state index contributed by atoms with van der Waals surface area (Å²) in [7, 11) is 1.47. The predicted octanol–water partition coefficient (Wildman–Crippen LogP) is 28.2. The molecule has 0 aromatic rings. The number of phosphoric ester groups is 1. The summed E-state index contributed by atoms with van der Waals surface area (Å²) in [5.41, 5.74) is 0. The highest BCUT2D eigenvalue weighted by atomic mass is 31.2. The largest absolute Gasteiger partial charge is 0.472 e. The van der Waals surface area contributed by atoms with Crippen molar-refractivity contribution in [2.24, 2.45) is 0 Å². The van der Waals surface area contributed by atoms with Gasteiger partial charge in [0.05, 0.1) is 27.7 Å². The van der Waals surface area contributed by atoms with E-state index in [1.807, 2.05) is 21.1 Å². The third kappa shape index (κ3) is 84.1. The van der Waals surface area contributed by atoms with Gasteiger partial charge in [-0.05, 0) is 135 Å². The number of esters is 2. The molecular formula is C92H155NO8P+. The molecule has 0 saturated carbocycles. The van der Waals surface area contributed by atoms with Gasteiger partial charge in [0.15, 0.2) is 6.10 Å². The van der Waals surface area contributed by atoms with Crippen LogP contribution in [-0.4, -0.2) is 74.9 Å². The van der Waals surface area contributed by atoms with Crippen LogP contribution >= 0.6 is 7.82 Å². The zero-order valence-electron chi connectivity index (χ0n) is 66.3. The van der Waals surface area contributed by atoms with Crippen LogP contribution in [0.3, 0.4) is 0 Å². The number of allylic oxidation sites excluding steroid dienone is 30. The third-order valence-electron chi connectivity index (χ3n) is 17.4. The number of unbranched alkanes of at least 4 members (excludes halogenated alkanes) is 31. The Morgan fingerprint density at radius 3 is 0.784 bits per heavy atom. The average Bonchev–Trinajstić information content (AvgIpc) is 0.913. The molecule has 0 fully saturated rings. The number of phosphoric acid groups is 1. The Bertz CT molecular complexity index is 2390. The molecule has 2 unspecified atom stereocenters. The molecular weight excluding hydrogens is 1280 g/mol. The summed E-state index contributed by atoms with van der Waals surface area (Å²) in [6, 6.07) is 0. The van der Waals surface area contributed by atoms with E-state index in [1.165, 1.54) is 167 Å². The topological polar surface area (TPSA) is 108 Å². The first-order valence-electron chi connectivity index (χ1n) is 41.5. The quantitative estimate of drug-likeness (QED) is 0.0211. The van der Waals surface area contributed by atoms with Crippen molar-refractivity contribution >= 4 is 19.8 Å². The minimum absolute atomic E-state index is 0.0255. The number of hydrogen-bond acceptors (Lipinski definition) is 7. The highest BCUT2D eigenvalue weighted by molar-refractivity contribution is 7.47. The van der Waals surface area contributed by atoms with Crippen molar-refractivity contribution in [2.75, 3.05) is 47.5 Å². The summed E-state index contributed by atoms with van der Waals surface area (Å²) in [6.45, 7) is 4.22. The number of hydrogen-bond donors (Lipinski definition) is 1. The van der Waals surface area contributed by atoms with Crippen LogP contribution in [0, 0.1) is 0 Å². The smallest absolute Gasteiger partial charge is 0.462 e. The second kappa shape index (κ2) is 80.2. The van der Waals surface area contributed by atoms with Gasteiger partial charge in [-0.2, -0.15) is 0 Å². The molecule has 9 nitrogen and oxygen atoms in total. The van der Waals surface area contributed by atoms with E-state index in [9.17, 15) is 19.0 Å². The second-order valence-electron chi connectivity index (χ2n) is 28.4. The van der Waals surface area contributed by atoms with E-state index in [0.717, 1.165) is 135 Å². The minimum Gasteiger partial charge on any atom is -0.462 e. The van der Waals surface area contributed by atoms with Crippen molar-refractivity contribution in [1.82, 2.24) is 0 Å². The fourth-order valence-electron chi connectivity index (χ4n) is 11.2. The number of likely N-dealkylation sites (N-methyl/N-ethyl adjacent to an activating group) is 1. The second-order valence-corrected chi connectivity index (χ2v) is 29.8. The monoisotopic (exact) mass is 1430 g/mol. The normalized spacial score (nSPS) is 14.0. The van der Waals surface area contributed by atoms with Crippen molar-refractivity contribution in [1.29, 1.82) is 0 Å². The first kappa shape index (κ1) is 97.1. The van der Waals surface area contributed by atoms with Crippen LogP contribution in [0.4, 0.5) is 0 Å². The lowest BCUT2D eigenvalue weighted by molar-refractivity contribution is -0.870. The molecule has 0 aliphatic heterocycles. The Kier molecular flexibility index (Phi) is 76.4. The molecule has 0 radical (unpaired) electrons. The van der Waals surface area contributed by atoms with Crippen LogP contribution in [-0.2, 0) is 32.7 Å². The van der Waals surface area contributed by atoms with Gasteiger partial charge < -0.3 is 18.9 Å². The van der Waals surface area contributed by atoms with Crippen molar-refractivity contribution in [2.45, 2.75) is 341 Å². The average molecular weight is 1430 g/mol. The number of rotatable bonds is 75. The van der Waals surface area contributed by atoms with E-state index in [-0.39, 0.29) is 32.0 Å². The van der Waals surface area contributed by atoms with E-state index in [2.05, 4.69) is 196 Å². The molecule has 0 heterocycles. The lowest BCUT2D eigenvalue weighted by atomic mass is 10.0. The molecule has 0 spiro atoms. The Morgan fingerprint density at radius 1 is 0.304 bits per heavy atom. The summed E-state index contributed by atoms with van der Waals surface area (Å²) < 4.78 is 34.8. The van der Waals surface area contributed by atoms with E-state index < -0.39 is 26.5 Å². The number of quaternary nitrogens is 1. The molecule has 580 valence electrons. The molecule has 1 N–H and O–H groups in total. The summed E-state index contributed by atoms with van der Waals surface area (Å²) >= 11 is 0. The first-order chi connectivity index (χ1) is 50.0. The SMILES string of the molecule is CC/C=C\C/C=C\C/C=C\C/C=C\C/C=C\C/C=C\C/C=C\C/C=C\CCCCCCCCCCCCCCC(=O)OC(COC(=O)CCCCCCCCCCCCCCCCCCCCC/C=C\C/C=C\C/C=C\C/C=C\C/C=C\C/C=C\C/C=C\CC)COP(=O)(O)OCC[N+](C)(C)C. The number of ether oxygens (including phenoxy) is 2. The maximum absolute atomic E-state index is 12.9. The molecule has 10 heteroatoms. The Morgan fingerprint density at radius 2 is 0.529 bits per heavy atom. The Balaban J connectivity index is 3.99. The van der Waals surface area contributed by atoms with Gasteiger partial charge in [-0.25, -0.2) is 4.57 Å². The van der Waals surface area contributed by atoms with Crippen molar-refractivity contribution in [3.8, 4) is 0 Å². The molecule has 2 atom stereocenters. The lowest BCUT2D eigenvalue weighted by Gasteiger charge is -2.24. The third-order valence-corrected chi connectivity index (χ3v) is 18.4. The number of carbonyl (C=O) groups is 2. The zero-order chi connectivity index (χ0) is 74.0. The maximum atomic E-state index is 12.9. The van der Waals surface area contributed by atoms with E-state index >= 15 is 0 Å². The highest BCUT2D eigenvalue weighted by Gasteiger charge is 2.27. The summed E-state index contributed by atoms with van der Waals surface area (Å²) in [6.07, 6.45) is 123. The van der Waals surface area contributed by atoms with Gasteiger partial charge in [0.25, 0.3) is 0 Å². The Labute approximate surface area is 629 Å². The standard InChI is InChI=1S/C92H154NO8P/c1-6-8-10-12-14-16-18-20-22-24-26-28-30-32-34-36-38-40-42-44-45-46-47-49-50-52-54-56-58-60-62-64-66-68-70-72-74-76-78-80-82-84-91(94)98-88-90(89-100-102(96,97)99-87-86-93(3,4)5)101-92(95)85-83-81-79-77-75-73-71-69-67-65-63-61-59-57-55-53-51-48-43-41-39-37-35-33-31-29-27-25-23-21-19-17-15-13-11-9-7-2/h8-11,14-17,20-23,26-29,32-35,38-41,44-45,48,51,55,57,90H,6-7,12-13,18-19,24-25,30-31,36-37,42-43,46-47,49-50,52-54,56,58-89H2,1-5H3/p+1/b10-8-,11-9-,16-14-,17-15-,22-20-,23-21-,28-26-,29-27-,34-32-,35-33-,40-38-,41-39-,45-44-,51-48-,57-55-. The van der Waals surface area contributed by atoms with Crippen LogP contribution in [0.15, 0.2) is 182 Å². The van der Waals surface area contributed by atoms with Gasteiger partial charge in [-0.1, -0.05) is 369 Å². The molecule has 0 rings (SSSR count). The van der Waals surface area contributed by atoms with Gasteiger partial charge in [0.1, 0.15) is 19.8 Å². The number of nitrogens with zero attached hydrogens (tertiary/aromatic N) is 1. The van der Waals surface area contributed by atoms with Gasteiger partial charge in [0.2, 0.25) is 0 Å². The van der Waals surface area contributed by atoms with Crippen LogP contribution < -0.4 is 0 Å².